The first-order valence-electron chi connectivity index (χ1n) is 5.79. The van der Waals surface area contributed by atoms with Crippen molar-refractivity contribution in [1.29, 1.82) is 0 Å². The zero-order valence-corrected chi connectivity index (χ0v) is 14.4. The second-order valence-electron chi connectivity index (χ2n) is 4.55. The summed E-state index contributed by atoms with van der Waals surface area (Å²) in [6.07, 6.45) is 0. The first-order chi connectivity index (χ1) is 9.20. The van der Waals surface area contributed by atoms with Crippen LogP contribution in [0.4, 0.5) is 5.69 Å². The van der Waals surface area contributed by atoms with Crippen molar-refractivity contribution in [1.82, 2.24) is 0 Å². The van der Waals surface area contributed by atoms with E-state index in [1.807, 2.05) is 6.92 Å². The van der Waals surface area contributed by atoms with Gasteiger partial charge in [0, 0.05) is 4.88 Å². The Morgan fingerprint density at radius 3 is 2.40 bits per heavy atom. The third-order valence-corrected chi connectivity index (χ3v) is 6.00. The average Bonchev–Trinajstić information content (AvgIpc) is 2.65. The average molecular weight is 376 g/mol. The third kappa shape index (κ3) is 2.99. The van der Waals surface area contributed by atoms with E-state index in [-0.39, 0.29) is 16.3 Å². The molecular formula is C13H14BrNO3S2. The fourth-order valence-electron chi connectivity index (χ4n) is 1.94. The number of nitrogens with one attached hydrogen (secondary N) is 1. The normalized spacial score (nSPS) is 11.6. The van der Waals surface area contributed by atoms with Gasteiger partial charge in [-0.1, -0.05) is 6.07 Å². The summed E-state index contributed by atoms with van der Waals surface area (Å²) in [6, 6.07) is 4.96. The van der Waals surface area contributed by atoms with Crippen molar-refractivity contribution < 1.29 is 13.5 Å². The van der Waals surface area contributed by atoms with E-state index < -0.39 is 10.0 Å². The van der Waals surface area contributed by atoms with Gasteiger partial charge in [0.15, 0.2) is 0 Å². The van der Waals surface area contributed by atoms with Crippen molar-refractivity contribution in [3.05, 3.63) is 38.0 Å². The molecule has 108 valence electrons. The number of sulfonamides is 1. The van der Waals surface area contributed by atoms with Gasteiger partial charge in [0.05, 0.1) is 9.47 Å². The zero-order valence-electron chi connectivity index (χ0n) is 11.2. The van der Waals surface area contributed by atoms with E-state index in [4.69, 9.17) is 0 Å². The minimum Gasteiger partial charge on any atom is -0.505 e. The van der Waals surface area contributed by atoms with Crippen molar-refractivity contribution in [2.24, 2.45) is 0 Å². The van der Waals surface area contributed by atoms with Gasteiger partial charge < -0.3 is 5.11 Å². The van der Waals surface area contributed by atoms with E-state index in [2.05, 4.69) is 20.7 Å². The number of hydrogen-bond donors (Lipinski definition) is 2. The molecular weight excluding hydrogens is 362 g/mol. The van der Waals surface area contributed by atoms with Crippen LogP contribution in [0.5, 0.6) is 5.75 Å². The molecule has 2 aromatic rings. The lowest BCUT2D eigenvalue weighted by molar-refractivity contribution is 0.473. The molecule has 2 N–H and O–H groups in total. The number of benzene rings is 1. The predicted octanol–water partition coefficient (Wildman–Crippen LogP) is 3.94. The van der Waals surface area contributed by atoms with Crippen LogP contribution in [0.3, 0.4) is 0 Å². The van der Waals surface area contributed by atoms with Crippen molar-refractivity contribution in [3.63, 3.8) is 0 Å². The van der Waals surface area contributed by atoms with E-state index in [1.165, 1.54) is 11.3 Å². The Kier molecular flexibility index (Phi) is 4.13. The lowest BCUT2D eigenvalue weighted by Crippen LogP contribution is -2.13. The fraction of sp³-hybridized carbons (Fsp3) is 0.231. The highest BCUT2D eigenvalue weighted by molar-refractivity contribution is 9.11. The summed E-state index contributed by atoms with van der Waals surface area (Å²) in [5.74, 6) is -0.0499. The molecule has 1 heterocycles. The van der Waals surface area contributed by atoms with Crippen molar-refractivity contribution in [2.45, 2.75) is 25.7 Å². The summed E-state index contributed by atoms with van der Waals surface area (Å²) in [5.41, 5.74) is 1.70. The maximum absolute atomic E-state index is 12.4. The molecule has 0 radical (unpaired) electrons. The highest BCUT2D eigenvalue weighted by Gasteiger charge is 2.21. The molecule has 2 rings (SSSR count). The summed E-state index contributed by atoms with van der Waals surface area (Å²) in [5, 5.41) is 9.97. The lowest BCUT2D eigenvalue weighted by Gasteiger charge is -2.12. The second kappa shape index (κ2) is 5.38. The largest absolute Gasteiger partial charge is 0.505 e. The van der Waals surface area contributed by atoms with Gasteiger partial charge in [-0.2, -0.15) is 0 Å². The standard InChI is InChI=1S/C13H14BrNO3S2/c1-7-4-8(2)13(16)10(5-7)15-20(17,18)11-6-12(14)19-9(11)3/h4-6,15-16H,1-3H3. The molecule has 1 aromatic carbocycles. The van der Waals surface area contributed by atoms with Crippen molar-refractivity contribution in [2.75, 3.05) is 4.72 Å². The highest BCUT2D eigenvalue weighted by Crippen LogP contribution is 2.34. The Bertz CT molecular complexity index is 766. The van der Waals surface area contributed by atoms with Gasteiger partial charge >= 0.3 is 0 Å². The van der Waals surface area contributed by atoms with Crippen molar-refractivity contribution >= 4 is 43.0 Å². The molecule has 4 nitrogen and oxygen atoms in total. The molecule has 1 aromatic heterocycles. The Morgan fingerprint density at radius 2 is 1.85 bits per heavy atom. The van der Waals surface area contributed by atoms with Gasteiger partial charge in [-0.05, 0) is 60.0 Å². The van der Waals surface area contributed by atoms with Crippen LogP contribution in [0.25, 0.3) is 0 Å². The number of aryl methyl sites for hydroxylation is 3. The number of halogens is 1. The van der Waals surface area contributed by atoms with Crippen LogP contribution in [-0.4, -0.2) is 13.5 Å². The Labute approximate surface area is 130 Å². The number of thiophene rings is 1. The van der Waals surface area contributed by atoms with Gasteiger partial charge in [0.2, 0.25) is 0 Å². The first-order valence-corrected chi connectivity index (χ1v) is 8.89. The molecule has 0 saturated carbocycles. The van der Waals surface area contributed by atoms with E-state index in [1.54, 1.807) is 32.0 Å². The number of phenolic OH excluding ortho intramolecular Hbond substituents is 1. The lowest BCUT2D eigenvalue weighted by atomic mass is 10.1. The summed E-state index contributed by atoms with van der Waals surface area (Å²) in [4.78, 5) is 0.904. The Hall–Kier alpha value is -1.05. The molecule has 7 heteroatoms. The van der Waals surface area contributed by atoms with Crippen LogP contribution in [0.2, 0.25) is 0 Å². The number of phenols is 1. The summed E-state index contributed by atoms with van der Waals surface area (Å²) in [7, 11) is -3.71. The molecule has 0 aliphatic rings. The predicted molar refractivity (Wildman–Crippen MR) is 85.1 cm³/mol. The van der Waals surface area contributed by atoms with Crippen molar-refractivity contribution in [3.8, 4) is 5.75 Å². The highest BCUT2D eigenvalue weighted by atomic mass is 79.9. The molecule has 0 bridgehead atoms. The summed E-state index contributed by atoms with van der Waals surface area (Å²) < 4.78 is 27.9. The molecule has 0 atom stereocenters. The van der Waals surface area contributed by atoms with Gasteiger partial charge in [-0.25, -0.2) is 8.42 Å². The maximum Gasteiger partial charge on any atom is 0.263 e. The Morgan fingerprint density at radius 1 is 1.20 bits per heavy atom. The quantitative estimate of drug-likeness (QED) is 0.798. The number of anilines is 1. The van der Waals surface area contributed by atoms with Crippen LogP contribution in [0.1, 0.15) is 16.0 Å². The van der Waals surface area contributed by atoms with E-state index >= 15 is 0 Å². The molecule has 0 aliphatic heterocycles. The maximum atomic E-state index is 12.4. The summed E-state index contributed by atoms with van der Waals surface area (Å²) >= 11 is 4.63. The van der Waals surface area contributed by atoms with Gasteiger partial charge in [0.25, 0.3) is 10.0 Å². The third-order valence-electron chi connectivity index (χ3n) is 2.82. The number of hydrogen-bond acceptors (Lipinski definition) is 4. The van der Waals surface area contributed by atoms with Crippen LogP contribution < -0.4 is 4.72 Å². The topological polar surface area (TPSA) is 66.4 Å². The SMILES string of the molecule is Cc1cc(C)c(O)c(NS(=O)(=O)c2cc(Br)sc2C)c1. The minimum atomic E-state index is -3.71. The number of aromatic hydroxyl groups is 1. The zero-order chi connectivity index (χ0) is 15.1. The van der Waals surface area contributed by atoms with Gasteiger partial charge in [0.1, 0.15) is 10.6 Å². The van der Waals surface area contributed by atoms with Gasteiger partial charge in [-0.15, -0.1) is 11.3 Å². The molecule has 0 amide bonds. The second-order valence-corrected chi connectivity index (χ2v) is 8.84. The molecule has 0 saturated heterocycles. The van der Waals surface area contributed by atoms with Crippen LogP contribution >= 0.6 is 27.3 Å². The van der Waals surface area contributed by atoms with E-state index in [9.17, 15) is 13.5 Å². The molecule has 0 fully saturated rings. The number of rotatable bonds is 3. The summed E-state index contributed by atoms with van der Waals surface area (Å²) in [6.45, 7) is 5.31. The first kappa shape index (κ1) is 15.3. The van der Waals surface area contributed by atoms with Crippen LogP contribution in [0, 0.1) is 20.8 Å². The van der Waals surface area contributed by atoms with Crippen LogP contribution in [-0.2, 0) is 10.0 Å². The van der Waals surface area contributed by atoms with E-state index in [0.717, 1.165) is 9.35 Å². The smallest absolute Gasteiger partial charge is 0.263 e. The van der Waals surface area contributed by atoms with Gasteiger partial charge in [-0.3, -0.25) is 4.72 Å². The molecule has 20 heavy (non-hydrogen) atoms. The molecule has 0 unspecified atom stereocenters. The fourth-order valence-corrected chi connectivity index (χ4v) is 5.41. The minimum absolute atomic E-state index is 0.0499. The monoisotopic (exact) mass is 375 g/mol. The van der Waals surface area contributed by atoms with E-state index in [0.29, 0.717) is 10.4 Å². The molecule has 0 aliphatic carbocycles. The molecule has 0 spiro atoms. The van der Waals surface area contributed by atoms with Crippen LogP contribution in [0.15, 0.2) is 26.9 Å². The Balaban J connectivity index is 2.46.